The average molecular weight is 216 g/mol. The molecule has 0 bridgehead atoms. The highest BCUT2D eigenvalue weighted by Gasteiger charge is 2.32. The first kappa shape index (κ1) is 12.3. The predicted molar refractivity (Wildman–Crippen MR) is 56.7 cm³/mol. The summed E-state index contributed by atoms with van der Waals surface area (Å²) in [6, 6.07) is 0.296. The number of aliphatic hydroxyl groups excluding tert-OH is 1. The van der Waals surface area contributed by atoms with Crippen LogP contribution in [-0.4, -0.2) is 54.0 Å². The number of carbonyl (C=O) groups excluding carboxylic acids is 1. The molecule has 0 spiro atoms. The zero-order valence-corrected chi connectivity index (χ0v) is 9.62. The van der Waals surface area contributed by atoms with Crippen LogP contribution in [0, 0.1) is 0 Å². The fraction of sp³-hybridized carbons (Fsp3) is 0.900. The van der Waals surface area contributed by atoms with Gasteiger partial charge in [0.1, 0.15) is 5.60 Å². The second-order valence-electron chi connectivity index (χ2n) is 4.76. The first-order valence-corrected chi connectivity index (χ1v) is 5.24. The molecule has 0 atom stereocenters. The Kier molecular flexibility index (Phi) is 3.93. The van der Waals surface area contributed by atoms with Gasteiger partial charge in [0.15, 0.2) is 0 Å². The van der Waals surface area contributed by atoms with Crippen molar-refractivity contribution in [3.63, 3.8) is 0 Å². The van der Waals surface area contributed by atoms with E-state index in [-0.39, 0.29) is 12.7 Å². The lowest BCUT2D eigenvalue weighted by molar-refractivity contribution is 0.00507. The molecule has 0 radical (unpaired) electrons. The van der Waals surface area contributed by atoms with E-state index in [0.29, 0.717) is 25.7 Å². The highest BCUT2D eigenvalue weighted by Crippen LogP contribution is 2.14. The van der Waals surface area contributed by atoms with Crippen molar-refractivity contribution in [1.29, 1.82) is 0 Å². The highest BCUT2D eigenvalue weighted by atomic mass is 16.6. The molecule has 1 heterocycles. The summed E-state index contributed by atoms with van der Waals surface area (Å²) in [7, 11) is 0. The Bertz CT molecular complexity index is 219. The molecule has 0 unspecified atom stereocenters. The molecule has 0 aromatic heterocycles. The molecule has 0 saturated carbocycles. The van der Waals surface area contributed by atoms with Crippen molar-refractivity contribution in [2.75, 3.05) is 26.2 Å². The minimum absolute atomic E-state index is 0.128. The molecule has 2 N–H and O–H groups in total. The normalized spacial score (nSPS) is 17.5. The highest BCUT2D eigenvalue weighted by molar-refractivity contribution is 5.69. The SMILES string of the molecule is CC(C)(C)OC(=O)N1CC(NCCO)C1. The minimum Gasteiger partial charge on any atom is -0.444 e. The summed E-state index contributed by atoms with van der Waals surface area (Å²) in [5.74, 6) is 0. The van der Waals surface area contributed by atoms with Gasteiger partial charge in [-0.05, 0) is 20.8 Å². The second-order valence-corrected chi connectivity index (χ2v) is 4.76. The summed E-state index contributed by atoms with van der Waals surface area (Å²) in [5, 5.41) is 11.7. The average Bonchev–Trinajstić information content (AvgIpc) is 1.98. The van der Waals surface area contributed by atoms with E-state index in [4.69, 9.17) is 9.84 Å². The van der Waals surface area contributed by atoms with E-state index in [0.717, 1.165) is 0 Å². The molecule has 0 aromatic carbocycles. The number of likely N-dealkylation sites (tertiary alicyclic amines) is 1. The number of amides is 1. The Morgan fingerprint density at radius 2 is 2.13 bits per heavy atom. The third-order valence-electron chi connectivity index (χ3n) is 2.08. The van der Waals surface area contributed by atoms with Crippen LogP contribution >= 0.6 is 0 Å². The van der Waals surface area contributed by atoms with Crippen molar-refractivity contribution in [3.8, 4) is 0 Å². The fourth-order valence-corrected chi connectivity index (χ4v) is 1.35. The van der Waals surface area contributed by atoms with Gasteiger partial charge in [0.05, 0.1) is 6.61 Å². The lowest BCUT2D eigenvalue weighted by atomic mass is 10.1. The molecule has 1 aliphatic heterocycles. The molecule has 1 saturated heterocycles. The van der Waals surface area contributed by atoms with Crippen molar-refractivity contribution in [2.24, 2.45) is 0 Å². The van der Waals surface area contributed by atoms with Crippen LogP contribution in [0.25, 0.3) is 0 Å². The van der Waals surface area contributed by atoms with E-state index in [1.54, 1.807) is 4.90 Å². The van der Waals surface area contributed by atoms with E-state index in [9.17, 15) is 4.79 Å². The number of rotatable bonds is 3. The number of carbonyl (C=O) groups is 1. The number of hydrogen-bond donors (Lipinski definition) is 2. The molecule has 5 nitrogen and oxygen atoms in total. The molecule has 1 amide bonds. The zero-order chi connectivity index (χ0) is 11.5. The van der Waals surface area contributed by atoms with Gasteiger partial charge in [0.25, 0.3) is 0 Å². The van der Waals surface area contributed by atoms with Gasteiger partial charge >= 0.3 is 6.09 Å². The summed E-state index contributed by atoms with van der Waals surface area (Å²) in [4.78, 5) is 13.1. The maximum Gasteiger partial charge on any atom is 0.410 e. The number of nitrogens with one attached hydrogen (secondary N) is 1. The Morgan fingerprint density at radius 1 is 1.53 bits per heavy atom. The van der Waals surface area contributed by atoms with Crippen molar-refractivity contribution < 1.29 is 14.6 Å². The maximum atomic E-state index is 11.5. The van der Waals surface area contributed by atoms with Crippen LogP contribution in [0.2, 0.25) is 0 Å². The summed E-state index contributed by atoms with van der Waals surface area (Å²) in [6.07, 6.45) is -0.260. The standard InChI is InChI=1S/C10H20N2O3/c1-10(2,3)15-9(14)12-6-8(7-12)11-4-5-13/h8,11,13H,4-7H2,1-3H3. The minimum atomic E-state index is -0.430. The number of ether oxygens (including phenoxy) is 1. The first-order valence-electron chi connectivity index (χ1n) is 5.24. The molecule has 88 valence electrons. The Morgan fingerprint density at radius 3 is 2.60 bits per heavy atom. The molecule has 0 aromatic rings. The topological polar surface area (TPSA) is 61.8 Å². The number of aliphatic hydroxyl groups is 1. The Balaban J connectivity index is 2.18. The van der Waals surface area contributed by atoms with E-state index in [2.05, 4.69) is 5.32 Å². The van der Waals surface area contributed by atoms with Gasteiger partial charge in [0, 0.05) is 25.7 Å². The quantitative estimate of drug-likeness (QED) is 0.707. The summed E-state index contributed by atoms with van der Waals surface area (Å²) in [5.41, 5.74) is -0.430. The van der Waals surface area contributed by atoms with Crippen LogP contribution < -0.4 is 5.32 Å². The van der Waals surface area contributed by atoms with Gasteiger partial charge in [0.2, 0.25) is 0 Å². The van der Waals surface area contributed by atoms with Gasteiger partial charge in [-0.1, -0.05) is 0 Å². The molecule has 1 aliphatic rings. The van der Waals surface area contributed by atoms with Crippen LogP contribution in [0.1, 0.15) is 20.8 Å². The van der Waals surface area contributed by atoms with Gasteiger partial charge in [-0.2, -0.15) is 0 Å². The van der Waals surface area contributed by atoms with Crippen LogP contribution in [-0.2, 0) is 4.74 Å². The van der Waals surface area contributed by atoms with Gasteiger partial charge < -0.3 is 20.1 Å². The Hall–Kier alpha value is -0.810. The molecule has 0 aliphatic carbocycles. The van der Waals surface area contributed by atoms with E-state index in [1.165, 1.54) is 0 Å². The Labute approximate surface area is 90.4 Å². The molecular weight excluding hydrogens is 196 g/mol. The molecular formula is C10H20N2O3. The third-order valence-corrected chi connectivity index (χ3v) is 2.08. The second kappa shape index (κ2) is 4.81. The van der Waals surface area contributed by atoms with Crippen LogP contribution in [0.4, 0.5) is 4.79 Å². The van der Waals surface area contributed by atoms with Gasteiger partial charge in [-0.3, -0.25) is 0 Å². The number of nitrogens with zero attached hydrogens (tertiary/aromatic N) is 1. The van der Waals surface area contributed by atoms with Crippen molar-refractivity contribution in [1.82, 2.24) is 10.2 Å². The molecule has 15 heavy (non-hydrogen) atoms. The lowest BCUT2D eigenvalue weighted by Gasteiger charge is -2.40. The maximum absolute atomic E-state index is 11.5. The summed E-state index contributed by atoms with van der Waals surface area (Å²) in [6.45, 7) is 7.59. The van der Waals surface area contributed by atoms with Crippen molar-refractivity contribution in [3.05, 3.63) is 0 Å². The largest absolute Gasteiger partial charge is 0.444 e. The van der Waals surface area contributed by atoms with Gasteiger partial charge in [-0.15, -0.1) is 0 Å². The van der Waals surface area contributed by atoms with E-state index in [1.807, 2.05) is 20.8 Å². The molecule has 5 heteroatoms. The van der Waals surface area contributed by atoms with Crippen molar-refractivity contribution in [2.45, 2.75) is 32.4 Å². The van der Waals surface area contributed by atoms with Crippen LogP contribution in [0.3, 0.4) is 0 Å². The summed E-state index contributed by atoms with van der Waals surface area (Å²) >= 11 is 0. The molecule has 1 rings (SSSR count). The lowest BCUT2D eigenvalue weighted by Crippen LogP contribution is -2.60. The van der Waals surface area contributed by atoms with E-state index >= 15 is 0 Å². The van der Waals surface area contributed by atoms with E-state index < -0.39 is 5.60 Å². The zero-order valence-electron chi connectivity index (χ0n) is 9.62. The smallest absolute Gasteiger partial charge is 0.410 e. The predicted octanol–water partition coefficient (Wildman–Crippen LogP) is 0.188. The molecule has 1 fully saturated rings. The first-order chi connectivity index (χ1) is 6.92. The van der Waals surface area contributed by atoms with Gasteiger partial charge in [-0.25, -0.2) is 4.79 Å². The van der Waals surface area contributed by atoms with Crippen molar-refractivity contribution >= 4 is 6.09 Å². The van der Waals surface area contributed by atoms with Crippen LogP contribution in [0.15, 0.2) is 0 Å². The monoisotopic (exact) mass is 216 g/mol. The third kappa shape index (κ3) is 4.05. The number of hydrogen-bond acceptors (Lipinski definition) is 4. The fourth-order valence-electron chi connectivity index (χ4n) is 1.35. The summed E-state index contributed by atoms with van der Waals surface area (Å²) < 4.78 is 5.20. The van der Waals surface area contributed by atoms with Crippen LogP contribution in [0.5, 0.6) is 0 Å².